The van der Waals surface area contributed by atoms with E-state index < -0.39 is 0 Å². The molecule has 0 saturated heterocycles. The fourth-order valence-electron chi connectivity index (χ4n) is 2.70. The number of hydrogen-bond donors (Lipinski definition) is 1. The molecule has 0 bridgehead atoms. The van der Waals surface area contributed by atoms with Gasteiger partial charge in [-0.05, 0) is 36.0 Å². The molecular weight excluding hydrogens is 332 g/mol. The predicted molar refractivity (Wildman–Crippen MR) is 92.1 cm³/mol. The number of carbonyl (C=O) groups is 1. The van der Waals surface area contributed by atoms with E-state index in [0.29, 0.717) is 23.5 Å². The molecule has 23 heavy (non-hydrogen) atoms. The molecule has 7 heteroatoms. The molecule has 118 valence electrons. The molecule has 2 heterocycles. The van der Waals surface area contributed by atoms with Crippen LogP contribution >= 0.6 is 23.1 Å². The van der Waals surface area contributed by atoms with E-state index in [1.165, 1.54) is 5.56 Å². The summed E-state index contributed by atoms with van der Waals surface area (Å²) in [6, 6.07) is 10.1. The first-order valence-corrected chi connectivity index (χ1v) is 8.53. The van der Waals surface area contributed by atoms with E-state index >= 15 is 0 Å². The topological polar surface area (TPSA) is 69.0 Å². The van der Waals surface area contributed by atoms with Crippen molar-refractivity contribution in [2.24, 2.45) is 0 Å². The van der Waals surface area contributed by atoms with Crippen molar-refractivity contribution < 1.29 is 4.79 Å². The van der Waals surface area contributed by atoms with E-state index in [-0.39, 0.29) is 11.1 Å². The lowest BCUT2D eigenvalue weighted by atomic mass is 10.0. The SMILES string of the molecule is N#Cc1c(Cl)nsc1NCCC(=O)N1CCCc2ccccc21. The minimum Gasteiger partial charge on any atom is -0.374 e. The lowest BCUT2D eigenvalue weighted by Crippen LogP contribution is -2.36. The number of benzene rings is 1. The molecule has 1 aromatic carbocycles. The second-order valence-corrected chi connectivity index (χ2v) is 6.38. The first-order valence-electron chi connectivity index (χ1n) is 7.38. The molecule has 1 aliphatic rings. The minimum atomic E-state index is 0.0822. The molecule has 0 aliphatic carbocycles. The quantitative estimate of drug-likeness (QED) is 0.920. The van der Waals surface area contributed by atoms with Crippen molar-refractivity contribution in [3.8, 4) is 6.07 Å². The van der Waals surface area contributed by atoms with Crippen molar-refractivity contribution in [3.05, 3.63) is 40.5 Å². The van der Waals surface area contributed by atoms with Crippen LogP contribution in [0.5, 0.6) is 0 Å². The van der Waals surface area contributed by atoms with Crippen LogP contribution < -0.4 is 10.2 Å². The summed E-state index contributed by atoms with van der Waals surface area (Å²) in [5.41, 5.74) is 2.58. The number of amides is 1. The van der Waals surface area contributed by atoms with Crippen molar-refractivity contribution in [2.45, 2.75) is 19.3 Å². The van der Waals surface area contributed by atoms with Crippen LogP contribution in [-0.4, -0.2) is 23.4 Å². The largest absolute Gasteiger partial charge is 0.374 e. The summed E-state index contributed by atoms with van der Waals surface area (Å²) in [6.45, 7) is 1.20. The average molecular weight is 347 g/mol. The van der Waals surface area contributed by atoms with Gasteiger partial charge in [-0.3, -0.25) is 4.79 Å². The minimum absolute atomic E-state index is 0.0822. The van der Waals surface area contributed by atoms with Crippen LogP contribution in [0.1, 0.15) is 24.0 Å². The lowest BCUT2D eigenvalue weighted by molar-refractivity contribution is -0.118. The molecule has 0 fully saturated rings. The number of hydrogen-bond acceptors (Lipinski definition) is 5. The molecule has 0 saturated carbocycles. The summed E-state index contributed by atoms with van der Waals surface area (Å²) in [5.74, 6) is 0.0822. The molecule has 1 aliphatic heterocycles. The monoisotopic (exact) mass is 346 g/mol. The van der Waals surface area contributed by atoms with Crippen LogP contribution in [0.25, 0.3) is 0 Å². The first-order chi connectivity index (χ1) is 11.2. The second kappa shape index (κ2) is 6.99. The Balaban J connectivity index is 1.61. The smallest absolute Gasteiger partial charge is 0.228 e. The summed E-state index contributed by atoms with van der Waals surface area (Å²) in [7, 11) is 0. The van der Waals surface area contributed by atoms with Crippen molar-refractivity contribution in [1.29, 1.82) is 5.26 Å². The summed E-state index contributed by atoms with van der Waals surface area (Å²) in [5, 5.41) is 12.9. The number of carbonyl (C=O) groups excluding carboxylic acids is 1. The zero-order chi connectivity index (χ0) is 16.2. The molecule has 1 amide bonds. The van der Waals surface area contributed by atoms with Gasteiger partial charge in [0.2, 0.25) is 5.91 Å². The van der Waals surface area contributed by atoms with Crippen LogP contribution in [0.3, 0.4) is 0 Å². The fourth-order valence-corrected chi connectivity index (χ4v) is 3.66. The number of halogens is 1. The maximum absolute atomic E-state index is 12.5. The van der Waals surface area contributed by atoms with Gasteiger partial charge in [0.15, 0.2) is 5.15 Å². The number of nitrogens with one attached hydrogen (secondary N) is 1. The number of aryl methyl sites for hydroxylation is 1. The third-order valence-corrected chi connectivity index (χ3v) is 4.98. The summed E-state index contributed by atoms with van der Waals surface area (Å²) >= 11 is 6.96. The zero-order valence-corrected chi connectivity index (χ0v) is 14.0. The Morgan fingerprint density at radius 1 is 1.48 bits per heavy atom. The Hall–Kier alpha value is -2.10. The van der Waals surface area contributed by atoms with Crippen LogP contribution in [0.2, 0.25) is 5.15 Å². The Bertz CT molecular complexity index is 768. The van der Waals surface area contributed by atoms with Gasteiger partial charge in [-0.1, -0.05) is 29.8 Å². The Morgan fingerprint density at radius 2 is 2.30 bits per heavy atom. The molecule has 0 spiro atoms. The van der Waals surface area contributed by atoms with E-state index in [1.807, 2.05) is 29.2 Å². The van der Waals surface area contributed by atoms with Gasteiger partial charge in [0.1, 0.15) is 16.6 Å². The van der Waals surface area contributed by atoms with E-state index in [9.17, 15) is 4.79 Å². The van der Waals surface area contributed by atoms with Gasteiger partial charge in [-0.25, -0.2) is 0 Å². The van der Waals surface area contributed by atoms with Gasteiger partial charge in [-0.2, -0.15) is 9.64 Å². The second-order valence-electron chi connectivity index (χ2n) is 5.24. The summed E-state index contributed by atoms with van der Waals surface area (Å²) in [4.78, 5) is 14.3. The van der Waals surface area contributed by atoms with E-state index in [2.05, 4.69) is 15.8 Å². The highest BCUT2D eigenvalue weighted by atomic mass is 35.5. The molecule has 3 rings (SSSR count). The first kappa shape index (κ1) is 15.8. The normalized spacial score (nSPS) is 13.3. The highest BCUT2D eigenvalue weighted by Gasteiger charge is 2.21. The highest BCUT2D eigenvalue weighted by molar-refractivity contribution is 7.10. The van der Waals surface area contributed by atoms with Crippen molar-refractivity contribution in [2.75, 3.05) is 23.3 Å². The summed E-state index contributed by atoms with van der Waals surface area (Å²) in [6.07, 6.45) is 2.36. The fraction of sp³-hybridized carbons (Fsp3) is 0.312. The number of anilines is 2. The maximum Gasteiger partial charge on any atom is 0.228 e. The van der Waals surface area contributed by atoms with Crippen LogP contribution in [-0.2, 0) is 11.2 Å². The van der Waals surface area contributed by atoms with Gasteiger partial charge in [0.25, 0.3) is 0 Å². The highest BCUT2D eigenvalue weighted by Crippen LogP contribution is 2.28. The number of rotatable bonds is 4. The number of aromatic nitrogens is 1. The third kappa shape index (κ3) is 3.31. The third-order valence-electron chi connectivity index (χ3n) is 3.80. The van der Waals surface area contributed by atoms with Crippen molar-refractivity contribution in [3.63, 3.8) is 0 Å². The van der Waals surface area contributed by atoms with Crippen molar-refractivity contribution in [1.82, 2.24) is 4.37 Å². The van der Waals surface area contributed by atoms with E-state index in [4.69, 9.17) is 16.9 Å². The average Bonchev–Trinajstić information content (AvgIpc) is 2.94. The van der Waals surface area contributed by atoms with Crippen molar-refractivity contribution >= 4 is 39.7 Å². The lowest BCUT2D eigenvalue weighted by Gasteiger charge is -2.29. The van der Waals surface area contributed by atoms with Crippen LogP contribution in [0, 0.1) is 11.3 Å². The van der Waals surface area contributed by atoms with Gasteiger partial charge < -0.3 is 10.2 Å². The molecule has 0 radical (unpaired) electrons. The molecule has 1 N–H and O–H groups in total. The predicted octanol–water partition coefficient (Wildman–Crippen LogP) is 3.45. The van der Waals surface area contributed by atoms with Gasteiger partial charge >= 0.3 is 0 Å². The van der Waals surface area contributed by atoms with Gasteiger partial charge in [0, 0.05) is 25.2 Å². The van der Waals surface area contributed by atoms with Crippen LogP contribution in [0.15, 0.2) is 24.3 Å². The zero-order valence-electron chi connectivity index (χ0n) is 12.4. The molecule has 2 aromatic rings. The summed E-state index contributed by atoms with van der Waals surface area (Å²) < 4.78 is 3.93. The number of nitrogens with zero attached hydrogens (tertiary/aromatic N) is 3. The molecular formula is C16H15ClN4OS. The number of nitriles is 1. The molecule has 0 atom stereocenters. The van der Waals surface area contributed by atoms with Gasteiger partial charge in [-0.15, -0.1) is 0 Å². The maximum atomic E-state index is 12.5. The Kier molecular flexibility index (Phi) is 4.79. The number of fused-ring (bicyclic) bond motifs is 1. The molecule has 5 nitrogen and oxygen atoms in total. The van der Waals surface area contributed by atoms with E-state index in [1.54, 1.807) is 0 Å². The number of para-hydroxylation sites is 1. The van der Waals surface area contributed by atoms with E-state index in [0.717, 1.165) is 36.6 Å². The molecule has 1 aromatic heterocycles. The Morgan fingerprint density at radius 3 is 3.13 bits per heavy atom. The molecule has 0 unspecified atom stereocenters. The van der Waals surface area contributed by atoms with Crippen LogP contribution in [0.4, 0.5) is 10.7 Å². The Labute approximate surface area is 143 Å². The standard InChI is InChI=1S/C16H15ClN4OS/c17-15-12(10-18)16(23-20-15)19-8-7-14(22)21-9-3-5-11-4-1-2-6-13(11)21/h1-2,4,6,19H,3,5,7-9H2. The van der Waals surface area contributed by atoms with Gasteiger partial charge in [0.05, 0.1) is 0 Å².